The van der Waals surface area contributed by atoms with Crippen LogP contribution in [0.25, 0.3) is 0 Å². The highest BCUT2D eigenvalue weighted by Gasteiger charge is 2.07. The maximum absolute atomic E-state index is 10.3. The number of hydrogen-bond acceptors (Lipinski definition) is 3. The van der Waals surface area contributed by atoms with E-state index in [1.54, 1.807) is 0 Å². The van der Waals surface area contributed by atoms with Crippen LogP contribution in [0.1, 0.15) is 0 Å². The van der Waals surface area contributed by atoms with Crippen molar-refractivity contribution < 1.29 is 9.90 Å². The first-order chi connectivity index (χ1) is 6.50. The topological polar surface area (TPSA) is 75.3 Å². The Morgan fingerprint density at radius 1 is 1.43 bits per heavy atom. The smallest absolute Gasteiger partial charge is 0.322 e. The molecule has 0 saturated carbocycles. The van der Waals surface area contributed by atoms with Crippen LogP contribution in [-0.2, 0) is 4.79 Å². The Bertz CT molecular complexity index is 345. The van der Waals surface area contributed by atoms with E-state index in [1.165, 1.54) is 12.1 Å². The van der Waals surface area contributed by atoms with E-state index in [9.17, 15) is 4.79 Å². The maximum Gasteiger partial charge on any atom is 0.322 e. The van der Waals surface area contributed by atoms with Crippen LogP contribution in [0.5, 0.6) is 0 Å². The van der Waals surface area contributed by atoms with Crippen molar-refractivity contribution in [2.24, 2.45) is 0 Å². The standard InChI is InChI=1S/C8H8Cl2N2O2/c9-5-1-4(11)2-6(10)8(5)12-3-7(13)14/h1-2,12H,3,11H2,(H,13,14). The average molecular weight is 235 g/mol. The monoisotopic (exact) mass is 234 g/mol. The fraction of sp³-hybridized carbons (Fsp3) is 0.125. The van der Waals surface area contributed by atoms with Crippen LogP contribution < -0.4 is 11.1 Å². The molecule has 1 rings (SSSR count). The number of hydrogen-bond donors (Lipinski definition) is 3. The first-order valence-corrected chi connectivity index (χ1v) is 4.46. The van der Waals surface area contributed by atoms with Crippen molar-refractivity contribution in [1.29, 1.82) is 0 Å². The number of carboxylic acids is 1. The van der Waals surface area contributed by atoms with Crippen LogP contribution in [0, 0.1) is 0 Å². The van der Waals surface area contributed by atoms with E-state index < -0.39 is 5.97 Å². The molecule has 0 aliphatic heterocycles. The number of nitrogens with one attached hydrogen (secondary N) is 1. The number of aliphatic carboxylic acids is 1. The summed E-state index contributed by atoms with van der Waals surface area (Å²) in [7, 11) is 0. The van der Waals surface area contributed by atoms with Gasteiger partial charge in [-0.15, -0.1) is 0 Å². The summed E-state index contributed by atoms with van der Waals surface area (Å²) in [5.74, 6) is -0.992. The minimum atomic E-state index is -0.992. The fourth-order valence-corrected chi connectivity index (χ4v) is 1.56. The molecule has 0 heterocycles. The Hall–Kier alpha value is -1.13. The van der Waals surface area contributed by atoms with Gasteiger partial charge in [0.1, 0.15) is 6.54 Å². The van der Waals surface area contributed by atoms with E-state index in [0.717, 1.165) is 0 Å². The predicted octanol–water partition coefficient (Wildman–Crippen LogP) is 2.07. The highest BCUT2D eigenvalue weighted by Crippen LogP contribution is 2.32. The highest BCUT2D eigenvalue weighted by atomic mass is 35.5. The van der Waals surface area contributed by atoms with Crippen molar-refractivity contribution in [3.8, 4) is 0 Å². The van der Waals surface area contributed by atoms with Crippen molar-refractivity contribution in [2.75, 3.05) is 17.6 Å². The summed E-state index contributed by atoms with van der Waals surface area (Å²) >= 11 is 11.6. The molecule has 4 N–H and O–H groups in total. The average Bonchev–Trinajstić information content (AvgIpc) is 2.01. The van der Waals surface area contributed by atoms with Crippen molar-refractivity contribution in [1.82, 2.24) is 0 Å². The third kappa shape index (κ3) is 2.68. The zero-order valence-corrected chi connectivity index (χ0v) is 8.56. The number of benzene rings is 1. The van der Waals surface area contributed by atoms with Gasteiger partial charge < -0.3 is 16.2 Å². The molecule has 0 unspecified atom stereocenters. The molecule has 76 valence electrons. The molecular formula is C8H8Cl2N2O2. The number of rotatable bonds is 3. The summed E-state index contributed by atoms with van der Waals surface area (Å²) in [5, 5.41) is 11.6. The quantitative estimate of drug-likeness (QED) is 0.701. The number of carboxylic acid groups (broad SMARTS) is 1. The van der Waals surface area contributed by atoms with Gasteiger partial charge in [0.25, 0.3) is 0 Å². The van der Waals surface area contributed by atoms with Gasteiger partial charge in [0.15, 0.2) is 0 Å². The Morgan fingerprint density at radius 3 is 2.36 bits per heavy atom. The minimum Gasteiger partial charge on any atom is -0.480 e. The van der Waals surface area contributed by atoms with Gasteiger partial charge in [-0.2, -0.15) is 0 Å². The zero-order valence-electron chi connectivity index (χ0n) is 7.05. The number of nitrogens with two attached hydrogens (primary N) is 1. The Kier molecular flexibility index (Phi) is 3.43. The third-order valence-electron chi connectivity index (χ3n) is 1.48. The second-order valence-electron chi connectivity index (χ2n) is 2.61. The van der Waals surface area contributed by atoms with Crippen molar-refractivity contribution in [3.05, 3.63) is 22.2 Å². The summed E-state index contributed by atoms with van der Waals surface area (Å²) in [6.45, 7) is -0.247. The van der Waals surface area contributed by atoms with E-state index in [1.807, 2.05) is 0 Å². The molecule has 0 fully saturated rings. The molecule has 4 nitrogen and oxygen atoms in total. The van der Waals surface area contributed by atoms with Crippen LogP contribution in [0.2, 0.25) is 10.0 Å². The molecule has 0 aliphatic rings. The van der Waals surface area contributed by atoms with Crippen LogP contribution >= 0.6 is 23.2 Å². The molecule has 6 heteroatoms. The van der Waals surface area contributed by atoms with Gasteiger partial charge in [0.2, 0.25) is 0 Å². The van der Waals surface area contributed by atoms with Crippen molar-refractivity contribution in [3.63, 3.8) is 0 Å². The lowest BCUT2D eigenvalue weighted by molar-refractivity contribution is -0.134. The molecule has 0 saturated heterocycles. The van der Waals surface area contributed by atoms with Crippen molar-refractivity contribution in [2.45, 2.75) is 0 Å². The maximum atomic E-state index is 10.3. The van der Waals surface area contributed by atoms with Crippen LogP contribution in [-0.4, -0.2) is 17.6 Å². The van der Waals surface area contributed by atoms with Crippen molar-refractivity contribution >= 4 is 40.5 Å². The summed E-state index contributed by atoms with van der Waals surface area (Å²) in [6.07, 6.45) is 0. The lowest BCUT2D eigenvalue weighted by atomic mass is 10.3. The Morgan fingerprint density at radius 2 is 1.93 bits per heavy atom. The summed E-state index contributed by atoms with van der Waals surface area (Å²) < 4.78 is 0. The van der Waals surface area contributed by atoms with Gasteiger partial charge in [0.05, 0.1) is 15.7 Å². The second kappa shape index (κ2) is 4.39. The molecule has 0 amide bonds. The van der Waals surface area contributed by atoms with Gasteiger partial charge in [-0.1, -0.05) is 23.2 Å². The molecule has 0 atom stereocenters. The van der Waals surface area contributed by atoms with E-state index in [2.05, 4.69) is 5.32 Å². The van der Waals surface area contributed by atoms with Gasteiger partial charge in [-0.25, -0.2) is 0 Å². The van der Waals surface area contributed by atoms with E-state index in [4.69, 9.17) is 34.0 Å². The molecule has 0 aromatic heterocycles. The highest BCUT2D eigenvalue weighted by molar-refractivity contribution is 6.39. The number of halogens is 2. The van der Waals surface area contributed by atoms with Gasteiger partial charge in [-0.05, 0) is 12.1 Å². The summed E-state index contributed by atoms with van der Waals surface area (Å²) in [5.41, 5.74) is 6.28. The second-order valence-corrected chi connectivity index (χ2v) is 3.42. The SMILES string of the molecule is Nc1cc(Cl)c(NCC(=O)O)c(Cl)c1. The molecular weight excluding hydrogens is 227 g/mol. The number of carbonyl (C=O) groups is 1. The van der Waals surface area contributed by atoms with E-state index in [0.29, 0.717) is 21.4 Å². The minimum absolute atomic E-state index is 0.247. The molecule has 0 aliphatic carbocycles. The lowest BCUT2D eigenvalue weighted by Gasteiger charge is -2.08. The number of anilines is 2. The molecule has 14 heavy (non-hydrogen) atoms. The van der Waals surface area contributed by atoms with Crippen LogP contribution in [0.4, 0.5) is 11.4 Å². The predicted molar refractivity (Wildman–Crippen MR) is 57.0 cm³/mol. The zero-order chi connectivity index (χ0) is 10.7. The third-order valence-corrected chi connectivity index (χ3v) is 2.08. The van der Waals surface area contributed by atoms with Crippen LogP contribution in [0.3, 0.4) is 0 Å². The molecule has 0 radical (unpaired) electrons. The van der Waals surface area contributed by atoms with E-state index in [-0.39, 0.29) is 6.54 Å². The van der Waals surface area contributed by atoms with Gasteiger partial charge >= 0.3 is 5.97 Å². The molecule has 1 aromatic carbocycles. The fourth-order valence-electron chi connectivity index (χ4n) is 0.926. The van der Waals surface area contributed by atoms with Gasteiger partial charge in [-0.3, -0.25) is 4.79 Å². The molecule has 0 spiro atoms. The van der Waals surface area contributed by atoms with E-state index >= 15 is 0 Å². The lowest BCUT2D eigenvalue weighted by Crippen LogP contribution is -2.12. The largest absolute Gasteiger partial charge is 0.480 e. The first-order valence-electron chi connectivity index (χ1n) is 3.71. The Balaban J connectivity index is 2.91. The first kappa shape index (κ1) is 10.9. The summed E-state index contributed by atoms with van der Waals surface area (Å²) in [6, 6.07) is 3.00. The van der Waals surface area contributed by atoms with Gasteiger partial charge in [0, 0.05) is 5.69 Å². The molecule has 1 aromatic rings. The molecule has 0 bridgehead atoms. The van der Waals surface area contributed by atoms with Crippen LogP contribution in [0.15, 0.2) is 12.1 Å². The summed E-state index contributed by atoms with van der Waals surface area (Å²) in [4.78, 5) is 10.3. The Labute approximate surface area is 90.6 Å². The normalized spacial score (nSPS) is 9.86. The number of nitrogen functional groups attached to an aromatic ring is 1.